The molecule has 0 heterocycles. The summed E-state index contributed by atoms with van der Waals surface area (Å²) in [6.07, 6.45) is 3.07. The number of benzene rings is 3. The van der Waals surface area contributed by atoms with Gasteiger partial charge in [-0.2, -0.15) is 0 Å². The minimum atomic E-state index is 0.146. The largest absolute Gasteiger partial charge is 0.294 e. The Morgan fingerprint density at radius 3 is 2.11 bits per heavy atom. The maximum absolute atomic E-state index is 12.9. The minimum absolute atomic E-state index is 0.146. The summed E-state index contributed by atoms with van der Waals surface area (Å²) in [5.41, 5.74) is 3.04. The fourth-order valence-corrected chi connectivity index (χ4v) is 5.09. The number of Topliss-reactive ketones (excluding diaryl/α,β-unsaturated/α-hetero) is 1. The molecule has 0 unspecified atom stereocenters. The van der Waals surface area contributed by atoms with Crippen molar-refractivity contribution >= 4 is 29.1 Å². The van der Waals surface area contributed by atoms with Crippen LogP contribution in [0, 0.1) is 5.92 Å². The summed E-state index contributed by atoms with van der Waals surface area (Å²) in [6, 6.07) is 26.2. The predicted octanol–water partition coefficient (Wildman–Crippen LogP) is 7.15. The standard InChI is InChI=1S/C24H21ClOS/c25-21-13-10-18(11-14-21)17-6-8-19(9-7-17)24(26)20-12-15-23(16-20)27-22-4-2-1-3-5-22/h1-11,13-14,20,23H,12,15-16H2/t20-,23+/m0/s1. The third kappa shape index (κ3) is 4.45. The number of hydrogen-bond donors (Lipinski definition) is 0. The number of thioether (sulfide) groups is 1. The van der Waals surface area contributed by atoms with Crippen LogP contribution in [0.2, 0.25) is 5.02 Å². The average molecular weight is 393 g/mol. The Kier molecular flexibility index (Phi) is 5.66. The number of rotatable bonds is 5. The van der Waals surface area contributed by atoms with Crippen LogP contribution in [0.3, 0.4) is 0 Å². The molecule has 136 valence electrons. The zero-order valence-electron chi connectivity index (χ0n) is 15.0. The van der Waals surface area contributed by atoms with Crippen molar-refractivity contribution in [3.05, 3.63) is 89.4 Å². The van der Waals surface area contributed by atoms with Crippen molar-refractivity contribution in [3.63, 3.8) is 0 Å². The van der Waals surface area contributed by atoms with E-state index in [0.717, 1.165) is 41.0 Å². The first-order valence-corrected chi connectivity index (χ1v) is 10.6. The van der Waals surface area contributed by atoms with E-state index in [1.807, 2.05) is 66.4 Å². The zero-order valence-corrected chi connectivity index (χ0v) is 16.5. The van der Waals surface area contributed by atoms with Gasteiger partial charge in [-0.25, -0.2) is 0 Å². The molecule has 0 saturated heterocycles. The molecule has 1 nitrogen and oxygen atoms in total. The second-order valence-corrected chi connectivity index (χ2v) is 8.82. The second-order valence-electron chi connectivity index (χ2n) is 7.01. The SMILES string of the molecule is O=C(c1ccc(-c2ccc(Cl)cc2)cc1)[C@H]1CC[C@@H](Sc2ccccc2)C1. The minimum Gasteiger partial charge on any atom is -0.294 e. The van der Waals surface area contributed by atoms with Crippen LogP contribution in [0.15, 0.2) is 83.8 Å². The highest BCUT2D eigenvalue weighted by atomic mass is 35.5. The van der Waals surface area contributed by atoms with Crippen molar-refractivity contribution in [3.8, 4) is 11.1 Å². The molecule has 1 saturated carbocycles. The highest BCUT2D eigenvalue weighted by molar-refractivity contribution is 8.00. The van der Waals surface area contributed by atoms with Gasteiger partial charge in [0.2, 0.25) is 0 Å². The molecule has 1 aliphatic carbocycles. The van der Waals surface area contributed by atoms with Gasteiger partial charge in [-0.3, -0.25) is 4.79 Å². The van der Waals surface area contributed by atoms with Gasteiger partial charge in [-0.15, -0.1) is 11.8 Å². The molecule has 0 aromatic heterocycles. The molecule has 3 aromatic carbocycles. The van der Waals surface area contributed by atoms with Crippen molar-refractivity contribution < 1.29 is 4.79 Å². The first-order valence-electron chi connectivity index (χ1n) is 9.31. The Morgan fingerprint density at radius 1 is 0.815 bits per heavy atom. The van der Waals surface area contributed by atoms with E-state index in [1.165, 1.54) is 4.90 Å². The second kappa shape index (κ2) is 8.33. The van der Waals surface area contributed by atoms with Crippen molar-refractivity contribution in [1.29, 1.82) is 0 Å². The summed E-state index contributed by atoms with van der Waals surface area (Å²) in [5.74, 6) is 0.432. The number of carbonyl (C=O) groups excluding carboxylic acids is 1. The molecule has 2 atom stereocenters. The molecule has 1 fully saturated rings. The topological polar surface area (TPSA) is 17.1 Å². The van der Waals surface area contributed by atoms with Gasteiger partial charge in [-0.1, -0.05) is 66.2 Å². The summed E-state index contributed by atoms with van der Waals surface area (Å²) in [6.45, 7) is 0. The lowest BCUT2D eigenvalue weighted by atomic mass is 9.94. The summed E-state index contributed by atoms with van der Waals surface area (Å²) < 4.78 is 0. The molecule has 3 aromatic rings. The average Bonchev–Trinajstić information content (AvgIpc) is 3.17. The van der Waals surface area contributed by atoms with Crippen LogP contribution in [0.1, 0.15) is 29.6 Å². The van der Waals surface area contributed by atoms with Gasteiger partial charge in [0.05, 0.1) is 0 Å². The Hall–Kier alpha value is -2.03. The van der Waals surface area contributed by atoms with Crippen molar-refractivity contribution in [2.24, 2.45) is 5.92 Å². The van der Waals surface area contributed by atoms with Crippen LogP contribution < -0.4 is 0 Å². The number of ketones is 1. The maximum Gasteiger partial charge on any atom is 0.165 e. The van der Waals surface area contributed by atoms with Gasteiger partial charge in [0.25, 0.3) is 0 Å². The van der Waals surface area contributed by atoms with Crippen molar-refractivity contribution in [1.82, 2.24) is 0 Å². The van der Waals surface area contributed by atoms with E-state index in [0.29, 0.717) is 5.25 Å². The molecule has 1 aliphatic rings. The van der Waals surface area contributed by atoms with E-state index in [9.17, 15) is 4.79 Å². The molecule has 0 amide bonds. The zero-order chi connectivity index (χ0) is 18.6. The predicted molar refractivity (Wildman–Crippen MR) is 115 cm³/mol. The first kappa shape index (κ1) is 18.3. The highest BCUT2D eigenvalue weighted by Gasteiger charge is 2.30. The Labute approximate surface area is 169 Å². The van der Waals surface area contributed by atoms with Crippen LogP contribution in [0.4, 0.5) is 0 Å². The molecular weight excluding hydrogens is 372 g/mol. The van der Waals surface area contributed by atoms with Crippen molar-refractivity contribution in [2.75, 3.05) is 0 Å². The third-order valence-electron chi connectivity index (χ3n) is 5.15. The van der Waals surface area contributed by atoms with Crippen molar-refractivity contribution in [2.45, 2.75) is 29.4 Å². The number of carbonyl (C=O) groups is 1. The van der Waals surface area contributed by atoms with Crippen LogP contribution in [0.5, 0.6) is 0 Å². The van der Waals surface area contributed by atoms with Gasteiger partial charge < -0.3 is 0 Å². The number of halogens is 1. The maximum atomic E-state index is 12.9. The van der Waals surface area contributed by atoms with Gasteiger partial charge in [0, 0.05) is 26.6 Å². The number of hydrogen-bond acceptors (Lipinski definition) is 2. The van der Waals surface area contributed by atoms with Crippen LogP contribution in [-0.4, -0.2) is 11.0 Å². The van der Waals surface area contributed by atoms with Gasteiger partial charge >= 0.3 is 0 Å². The lowest BCUT2D eigenvalue weighted by molar-refractivity contribution is 0.0923. The van der Waals surface area contributed by atoms with Gasteiger partial charge in [0.1, 0.15) is 0 Å². The summed E-state index contributed by atoms with van der Waals surface area (Å²) in [7, 11) is 0. The Morgan fingerprint density at radius 2 is 1.44 bits per heavy atom. The fraction of sp³-hybridized carbons (Fsp3) is 0.208. The summed E-state index contributed by atoms with van der Waals surface area (Å²) >= 11 is 7.86. The van der Waals surface area contributed by atoms with Crippen LogP contribution >= 0.6 is 23.4 Å². The molecule has 0 N–H and O–H groups in total. The normalized spacial score (nSPS) is 19.1. The quantitative estimate of drug-likeness (QED) is 0.429. The third-order valence-corrected chi connectivity index (χ3v) is 6.71. The van der Waals surface area contributed by atoms with Gasteiger partial charge in [-0.05, 0) is 54.7 Å². The van der Waals surface area contributed by atoms with E-state index < -0.39 is 0 Å². The first-order chi connectivity index (χ1) is 13.2. The summed E-state index contributed by atoms with van der Waals surface area (Å²) in [5, 5.41) is 1.27. The van der Waals surface area contributed by atoms with Crippen LogP contribution in [0.25, 0.3) is 11.1 Å². The lowest BCUT2D eigenvalue weighted by Crippen LogP contribution is -2.12. The summed E-state index contributed by atoms with van der Waals surface area (Å²) in [4.78, 5) is 14.2. The van der Waals surface area contributed by atoms with E-state index in [-0.39, 0.29) is 11.7 Å². The van der Waals surface area contributed by atoms with E-state index in [4.69, 9.17) is 11.6 Å². The van der Waals surface area contributed by atoms with Gasteiger partial charge in [0.15, 0.2) is 5.78 Å². The van der Waals surface area contributed by atoms with E-state index in [1.54, 1.807) is 0 Å². The smallest absolute Gasteiger partial charge is 0.165 e. The molecule has 0 aliphatic heterocycles. The molecule has 0 spiro atoms. The molecule has 0 radical (unpaired) electrons. The fourth-order valence-electron chi connectivity index (χ4n) is 3.68. The molecule has 4 rings (SSSR count). The molecular formula is C24H21ClOS. The van der Waals surface area contributed by atoms with E-state index in [2.05, 4.69) is 24.3 Å². The highest BCUT2D eigenvalue weighted by Crippen LogP contribution is 2.39. The Balaban J connectivity index is 1.40. The Bertz CT molecular complexity index is 903. The lowest BCUT2D eigenvalue weighted by Gasteiger charge is -2.11. The molecule has 27 heavy (non-hydrogen) atoms. The molecule has 0 bridgehead atoms. The van der Waals surface area contributed by atoms with Crippen LogP contribution in [-0.2, 0) is 0 Å². The van der Waals surface area contributed by atoms with E-state index >= 15 is 0 Å². The monoisotopic (exact) mass is 392 g/mol. The molecule has 3 heteroatoms.